The fraction of sp³-hybridized carbons (Fsp3) is 0.286. The molecule has 0 aliphatic heterocycles. The third-order valence-corrected chi connectivity index (χ3v) is 3.44. The number of hydrogen-bond acceptors (Lipinski definition) is 3. The van der Waals surface area contributed by atoms with Crippen molar-refractivity contribution >= 4 is 15.9 Å². The molecule has 0 saturated heterocycles. The number of benzene rings is 1. The van der Waals surface area contributed by atoms with Crippen LogP contribution in [0.2, 0.25) is 0 Å². The SMILES string of the molecule is Cc1nc(-c2cccc(OC(C)C)c2)[nH]c(=O)c1Br. The van der Waals surface area contributed by atoms with E-state index in [2.05, 4.69) is 25.9 Å². The molecule has 100 valence electrons. The summed E-state index contributed by atoms with van der Waals surface area (Å²) >= 11 is 3.20. The fourth-order valence-corrected chi connectivity index (χ4v) is 1.88. The van der Waals surface area contributed by atoms with Gasteiger partial charge in [-0.25, -0.2) is 4.98 Å². The van der Waals surface area contributed by atoms with Crippen LogP contribution in [0.5, 0.6) is 5.75 Å². The Bertz CT molecular complexity index is 650. The average molecular weight is 323 g/mol. The van der Waals surface area contributed by atoms with Crippen LogP contribution in [0.1, 0.15) is 19.5 Å². The number of halogens is 1. The summed E-state index contributed by atoms with van der Waals surface area (Å²) in [5.74, 6) is 1.30. The summed E-state index contributed by atoms with van der Waals surface area (Å²) in [7, 11) is 0. The van der Waals surface area contributed by atoms with Crippen LogP contribution in [0, 0.1) is 6.92 Å². The molecule has 0 aliphatic carbocycles. The van der Waals surface area contributed by atoms with Crippen LogP contribution in [0.4, 0.5) is 0 Å². The van der Waals surface area contributed by atoms with Gasteiger partial charge in [-0.2, -0.15) is 0 Å². The van der Waals surface area contributed by atoms with E-state index < -0.39 is 0 Å². The van der Waals surface area contributed by atoms with Gasteiger partial charge in [0, 0.05) is 5.56 Å². The lowest BCUT2D eigenvalue weighted by atomic mass is 10.2. The number of aromatic amines is 1. The predicted molar refractivity (Wildman–Crippen MR) is 78.5 cm³/mol. The third-order valence-electron chi connectivity index (χ3n) is 2.51. The summed E-state index contributed by atoms with van der Waals surface area (Å²) in [6, 6.07) is 7.52. The molecule has 0 aliphatic rings. The van der Waals surface area contributed by atoms with Crippen molar-refractivity contribution in [1.29, 1.82) is 0 Å². The van der Waals surface area contributed by atoms with Crippen LogP contribution in [-0.2, 0) is 0 Å². The quantitative estimate of drug-likeness (QED) is 0.943. The minimum absolute atomic E-state index is 0.105. The number of nitrogens with zero attached hydrogens (tertiary/aromatic N) is 1. The smallest absolute Gasteiger partial charge is 0.265 e. The number of hydrogen-bond donors (Lipinski definition) is 1. The molecule has 0 radical (unpaired) electrons. The lowest BCUT2D eigenvalue weighted by molar-refractivity contribution is 0.242. The van der Waals surface area contributed by atoms with Crippen LogP contribution >= 0.6 is 15.9 Å². The molecule has 5 heteroatoms. The molecule has 4 nitrogen and oxygen atoms in total. The van der Waals surface area contributed by atoms with E-state index in [0.717, 1.165) is 11.3 Å². The Hall–Kier alpha value is -1.62. The van der Waals surface area contributed by atoms with E-state index in [1.807, 2.05) is 38.1 Å². The highest BCUT2D eigenvalue weighted by Crippen LogP contribution is 2.22. The lowest BCUT2D eigenvalue weighted by Gasteiger charge is -2.11. The van der Waals surface area contributed by atoms with E-state index in [1.165, 1.54) is 0 Å². The highest BCUT2D eigenvalue weighted by atomic mass is 79.9. The molecule has 0 atom stereocenters. The zero-order valence-electron chi connectivity index (χ0n) is 11.0. The minimum atomic E-state index is -0.183. The first kappa shape index (κ1) is 13.8. The zero-order valence-corrected chi connectivity index (χ0v) is 12.6. The van der Waals surface area contributed by atoms with Gasteiger partial charge in [-0.15, -0.1) is 0 Å². The maximum absolute atomic E-state index is 11.7. The van der Waals surface area contributed by atoms with Gasteiger partial charge >= 0.3 is 0 Å². The Morgan fingerprint density at radius 2 is 2.11 bits per heavy atom. The first-order valence-corrected chi connectivity index (χ1v) is 6.80. The maximum Gasteiger partial charge on any atom is 0.265 e. The van der Waals surface area contributed by atoms with Crippen molar-refractivity contribution in [3.05, 3.63) is 44.8 Å². The van der Waals surface area contributed by atoms with Crippen molar-refractivity contribution in [3.63, 3.8) is 0 Å². The molecule has 0 bridgehead atoms. The number of ether oxygens (including phenoxy) is 1. The molecule has 0 saturated carbocycles. The van der Waals surface area contributed by atoms with Crippen LogP contribution < -0.4 is 10.3 Å². The zero-order chi connectivity index (χ0) is 14.0. The van der Waals surface area contributed by atoms with E-state index in [4.69, 9.17) is 4.74 Å². The van der Waals surface area contributed by atoms with Crippen molar-refractivity contribution < 1.29 is 4.74 Å². The van der Waals surface area contributed by atoms with Gasteiger partial charge in [-0.1, -0.05) is 12.1 Å². The molecular formula is C14H15BrN2O2. The second-order valence-electron chi connectivity index (χ2n) is 4.51. The highest BCUT2D eigenvalue weighted by Gasteiger charge is 2.08. The lowest BCUT2D eigenvalue weighted by Crippen LogP contribution is -2.12. The van der Waals surface area contributed by atoms with Crippen molar-refractivity contribution in [2.75, 3.05) is 0 Å². The van der Waals surface area contributed by atoms with Crippen molar-refractivity contribution in [1.82, 2.24) is 9.97 Å². The Morgan fingerprint density at radius 3 is 2.74 bits per heavy atom. The standard InChI is InChI=1S/C14H15BrN2O2/c1-8(2)19-11-6-4-5-10(7-11)13-16-9(3)12(15)14(18)17-13/h4-8H,1-3H3,(H,16,17,18). The molecule has 1 heterocycles. The van der Waals surface area contributed by atoms with Crippen LogP contribution in [0.25, 0.3) is 11.4 Å². The van der Waals surface area contributed by atoms with E-state index >= 15 is 0 Å². The summed E-state index contributed by atoms with van der Waals surface area (Å²) in [6.45, 7) is 5.73. The van der Waals surface area contributed by atoms with Gasteiger partial charge in [0.2, 0.25) is 0 Å². The Kier molecular flexibility index (Phi) is 4.04. The molecule has 19 heavy (non-hydrogen) atoms. The second kappa shape index (κ2) is 5.57. The van der Waals surface area contributed by atoms with Crippen molar-refractivity contribution in [2.45, 2.75) is 26.9 Å². The normalized spacial score (nSPS) is 10.8. The summed E-state index contributed by atoms with van der Waals surface area (Å²) in [5.41, 5.74) is 1.30. The second-order valence-corrected chi connectivity index (χ2v) is 5.30. The van der Waals surface area contributed by atoms with Gasteiger partial charge < -0.3 is 9.72 Å². The fourth-order valence-electron chi connectivity index (χ4n) is 1.70. The van der Waals surface area contributed by atoms with Crippen LogP contribution in [-0.4, -0.2) is 16.1 Å². The molecule has 0 spiro atoms. The molecular weight excluding hydrogens is 308 g/mol. The Labute approximate surface area is 120 Å². The molecule has 0 unspecified atom stereocenters. The molecule has 1 aromatic heterocycles. The average Bonchev–Trinajstić information content (AvgIpc) is 2.35. The summed E-state index contributed by atoms with van der Waals surface area (Å²) in [6.07, 6.45) is 0.105. The van der Waals surface area contributed by atoms with Crippen LogP contribution in [0.3, 0.4) is 0 Å². The summed E-state index contributed by atoms with van der Waals surface area (Å²) in [4.78, 5) is 18.8. The highest BCUT2D eigenvalue weighted by molar-refractivity contribution is 9.10. The van der Waals surface area contributed by atoms with Crippen molar-refractivity contribution in [2.24, 2.45) is 0 Å². The third kappa shape index (κ3) is 3.23. The van der Waals surface area contributed by atoms with E-state index in [9.17, 15) is 4.79 Å². The topological polar surface area (TPSA) is 55.0 Å². The monoisotopic (exact) mass is 322 g/mol. The van der Waals surface area contributed by atoms with Crippen LogP contribution in [0.15, 0.2) is 33.5 Å². The number of H-pyrrole nitrogens is 1. The first-order chi connectivity index (χ1) is 8.97. The predicted octanol–water partition coefficient (Wildman–Crippen LogP) is 3.30. The largest absolute Gasteiger partial charge is 0.491 e. The van der Waals surface area contributed by atoms with Crippen molar-refractivity contribution in [3.8, 4) is 17.1 Å². The number of aromatic nitrogens is 2. The van der Waals surface area contributed by atoms with E-state index in [1.54, 1.807) is 6.92 Å². The number of nitrogens with one attached hydrogen (secondary N) is 1. The Morgan fingerprint density at radius 1 is 1.37 bits per heavy atom. The van der Waals surface area contributed by atoms with E-state index in [-0.39, 0.29) is 11.7 Å². The van der Waals surface area contributed by atoms with Gasteiger partial charge in [0.1, 0.15) is 16.0 Å². The van der Waals surface area contributed by atoms with Gasteiger partial charge in [0.25, 0.3) is 5.56 Å². The van der Waals surface area contributed by atoms with Gasteiger partial charge in [-0.3, -0.25) is 4.79 Å². The first-order valence-electron chi connectivity index (χ1n) is 6.01. The van der Waals surface area contributed by atoms with Gasteiger partial charge in [-0.05, 0) is 48.8 Å². The molecule has 1 N–H and O–H groups in total. The van der Waals surface area contributed by atoms with E-state index in [0.29, 0.717) is 16.0 Å². The molecule has 0 amide bonds. The number of aryl methyl sites for hydroxylation is 1. The minimum Gasteiger partial charge on any atom is -0.491 e. The molecule has 0 fully saturated rings. The van der Waals surface area contributed by atoms with Gasteiger partial charge in [0.05, 0.1) is 11.8 Å². The summed E-state index contributed by atoms with van der Waals surface area (Å²) < 4.78 is 6.10. The molecule has 1 aromatic carbocycles. The molecule has 2 aromatic rings. The summed E-state index contributed by atoms with van der Waals surface area (Å²) in [5, 5.41) is 0. The molecule has 2 rings (SSSR count). The maximum atomic E-state index is 11.7. The van der Waals surface area contributed by atoms with Gasteiger partial charge in [0.15, 0.2) is 0 Å². The number of rotatable bonds is 3. The Balaban J connectivity index is 2.44.